The summed E-state index contributed by atoms with van der Waals surface area (Å²) < 4.78 is 17.5. The molecule has 0 radical (unpaired) electrons. The van der Waals surface area contributed by atoms with Gasteiger partial charge < -0.3 is 29.5 Å². The van der Waals surface area contributed by atoms with Crippen LogP contribution in [0.4, 0.5) is 5.69 Å². The number of unbranched alkanes of at least 4 members (excludes halogenated alkanes) is 32. The van der Waals surface area contributed by atoms with Crippen molar-refractivity contribution in [1.82, 2.24) is 4.90 Å². The topological polar surface area (TPSA) is 149 Å². The molecule has 2 unspecified atom stereocenters. The molecule has 82 heavy (non-hydrogen) atoms. The first kappa shape index (κ1) is 79.5. The molecular formula is C70H131BrN2O9. The third kappa shape index (κ3) is 48.7. The lowest BCUT2D eigenvalue weighted by Crippen LogP contribution is -2.34. The Bertz CT molecular complexity index is 1640. The van der Waals surface area contributed by atoms with Crippen LogP contribution in [0.1, 0.15) is 356 Å². The molecule has 1 rings (SSSR count). The molecule has 482 valence electrons. The second-order valence-corrected chi connectivity index (χ2v) is 24.9. The maximum absolute atomic E-state index is 12.8. The van der Waals surface area contributed by atoms with Gasteiger partial charge >= 0.3 is 17.9 Å². The van der Waals surface area contributed by atoms with E-state index >= 15 is 0 Å². The van der Waals surface area contributed by atoms with Crippen LogP contribution in [-0.2, 0) is 28.6 Å². The predicted molar refractivity (Wildman–Crippen MR) is 352 cm³/mol. The van der Waals surface area contributed by atoms with Crippen LogP contribution in [0.25, 0.3) is 0 Å². The minimum Gasteiger partial charge on any atom is -0.502 e. The number of hydrogen-bond donors (Lipinski definition) is 2. The molecule has 0 bridgehead atoms. The van der Waals surface area contributed by atoms with Crippen molar-refractivity contribution in [3.05, 3.63) is 20.4 Å². The van der Waals surface area contributed by atoms with Gasteiger partial charge in [0.2, 0.25) is 0 Å². The summed E-state index contributed by atoms with van der Waals surface area (Å²) in [4.78, 5) is 62.7. The highest BCUT2D eigenvalue weighted by atomic mass is 79.9. The Morgan fingerprint density at radius 3 is 1.02 bits per heavy atom. The number of rotatable bonds is 61. The van der Waals surface area contributed by atoms with Gasteiger partial charge in [-0.25, -0.2) is 0 Å². The Labute approximate surface area is 513 Å². The van der Waals surface area contributed by atoms with E-state index in [4.69, 9.17) is 14.2 Å². The second-order valence-electron chi connectivity index (χ2n) is 24.1. The number of anilines is 1. The molecule has 0 fully saturated rings. The Kier molecular flexibility index (Phi) is 58.4. The summed E-state index contributed by atoms with van der Waals surface area (Å²) in [5, 5.41) is 13.7. The average molecular weight is 1220 g/mol. The number of nitrogens with one attached hydrogen (secondary N) is 1. The predicted octanol–water partition coefficient (Wildman–Crippen LogP) is 20.1. The summed E-state index contributed by atoms with van der Waals surface area (Å²) in [5.74, 6) is -0.496. The van der Waals surface area contributed by atoms with Crippen molar-refractivity contribution in [2.75, 3.05) is 36.8 Å². The normalized spacial score (nSPS) is 12.2. The first-order valence-electron chi connectivity index (χ1n) is 35.1. The Morgan fingerprint density at radius 1 is 0.390 bits per heavy atom. The second kappa shape index (κ2) is 60.2. The van der Waals surface area contributed by atoms with Crippen LogP contribution < -0.4 is 16.2 Å². The van der Waals surface area contributed by atoms with Gasteiger partial charge in [-0.15, -0.1) is 0 Å². The van der Waals surface area contributed by atoms with Gasteiger partial charge in [-0.2, -0.15) is 0 Å². The van der Waals surface area contributed by atoms with Gasteiger partial charge in [0, 0.05) is 31.1 Å². The van der Waals surface area contributed by atoms with Crippen LogP contribution in [0.15, 0.2) is 9.59 Å². The van der Waals surface area contributed by atoms with E-state index in [0.29, 0.717) is 25.8 Å². The van der Waals surface area contributed by atoms with Gasteiger partial charge in [-0.1, -0.05) is 244 Å². The van der Waals surface area contributed by atoms with E-state index < -0.39 is 16.6 Å². The van der Waals surface area contributed by atoms with Gasteiger partial charge in [0.25, 0.3) is 10.9 Å². The first-order chi connectivity index (χ1) is 40.0. The summed E-state index contributed by atoms with van der Waals surface area (Å²) in [7, 11) is 0. The van der Waals surface area contributed by atoms with Gasteiger partial charge in [0.1, 0.15) is 24.0 Å². The number of carbonyl (C=O) groups is 3. The van der Waals surface area contributed by atoms with Gasteiger partial charge in [-0.3, -0.25) is 24.0 Å². The molecule has 0 heterocycles. The average Bonchev–Trinajstić information content (AvgIpc) is 3.53. The number of hydrogen-bond acceptors (Lipinski definition) is 11. The summed E-state index contributed by atoms with van der Waals surface area (Å²) in [6, 6.07) is 0. The van der Waals surface area contributed by atoms with Crippen molar-refractivity contribution in [2.45, 2.75) is 374 Å². The van der Waals surface area contributed by atoms with Crippen molar-refractivity contribution in [3.63, 3.8) is 0 Å². The number of carbonyl (C=O) groups excluding carboxylic acids is 3. The number of ether oxygens (including phenoxy) is 3. The Morgan fingerprint density at radius 2 is 0.683 bits per heavy atom. The summed E-state index contributed by atoms with van der Waals surface area (Å²) in [5.41, 5.74) is -1.39. The van der Waals surface area contributed by atoms with Crippen LogP contribution >= 0.6 is 15.9 Å². The fourth-order valence-electron chi connectivity index (χ4n) is 10.9. The minimum absolute atomic E-state index is 0.0123. The number of aromatic hydroxyl groups is 1. The lowest BCUT2D eigenvalue weighted by molar-refractivity contribution is -0.150. The van der Waals surface area contributed by atoms with E-state index in [9.17, 15) is 29.1 Å². The Hall–Kier alpha value is -2.47. The van der Waals surface area contributed by atoms with E-state index in [0.717, 1.165) is 166 Å². The lowest BCUT2D eigenvalue weighted by Gasteiger charge is -2.22. The molecule has 0 aliphatic carbocycles. The van der Waals surface area contributed by atoms with Crippen LogP contribution in [0.2, 0.25) is 0 Å². The molecule has 12 heteroatoms. The zero-order valence-electron chi connectivity index (χ0n) is 54.5. The SMILES string of the molecule is CCCCCCCCC(CC)OC(=O)CCCCCCCBr.CCCCCCCCC(CC)OC(=O)CCCCCCCN(CCCCCCCC(=O)OC(CCCCCCCC)CCCCCCCC)CCCNc1c(O)c(=O)c1=O. The summed E-state index contributed by atoms with van der Waals surface area (Å²) >= 11 is 3.44. The summed E-state index contributed by atoms with van der Waals surface area (Å²) in [6.45, 7) is 16.6. The Balaban J connectivity index is 0.00000249. The minimum atomic E-state index is -0.808. The fourth-order valence-corrected chi connectivity index (χ4v) is 11.3. The first-order valence-corrected chi connectivity index (χ1v) is 36.3. The smallest absolute Gasteiger partial charge is 0.306 e. The number of nitrogens with zero attached hydrogens (tertiary/aromatic N) is 1. The van der Waals surface area contributed by atoms with Crippen molar-refractivity contribution >= 4 is 39.5 Å². The van der Waals surface area contributed by atoms with E-state index in [1.54, 1.807) is 0 Å². The third-order valence-corrected chi connectivity index (χ3v) is 16.9. The van der Waals surface area contributed by atoms with Crippen molar-refractivity contribution in [1.29, 1.82) is 0 Å². The molecule has 0 spiro atoms. The molecule has 11 nitrogen and oxygen atoms in total. The molecule has 0 aliphatic rings. The number of alkyl halides is 1. The molecule has 1 aromatic rings. The molecule has 2 atom stereocenters. The van der Waals surface area contributed by atoms with Crippen LogP contribution in [0, 0.1) is 0 Å². The van der Waals surface area contributed by atoms with E-state index in [1.807, 2.05) is 0 Å². The quantitative estimate of drug-likeness (QED) is 0.0211. The van der Waals surface area contributed by atoms with Gasteiger partial charge in [0.15, 0.2) is 5.75 Å². The van der Waals surface area contributed by atoms with Crippen LogP contribution in [-0.4, -0.2) is 77.7 Å². The molecule has 0 saturated carbocycles. The number of esters is 3. The molecule has 2 N–H and O–H groups in total. The third-order valence-electron chi connectivity index (χ3n) is 16.4. The van der Waals surface area contributed by atoms with Crippen LogP contribution in [0.5, 0.6) is 5.75 Å². The monoisotopic (exact) mass is 1220 g/mol. The standard InChI is InChI=1S/C51H94N2O7.C19H37BrO2/c1-5-9-12-15-20-27-35-44(8-4)59-46(54)38-30-23-18-25-32-41-53(43-34-40-52-48-49(56)51(58)50(48)57)42-33-26-19-24-31-39-47(55)60-45(36-28-21-16-13-10-6-2)37-29-22-17-14-11-7-3;1-3-5-6-7-9-12-15-18(4-2)22-19(21)16-13-10-8-11-14-17-20/h44-45,52,56H,5-43H2,1-4H3;18H,3-17H2,1-2H3. The van der Waals surface area contributed by atoms with Crippen molar-refractivity contribution < 1.29 is 33.7 Å². The zero-order valence-corrected chi connectivity index (χ0v) is 56.0. The van der Waals surface area contributed by atoms with E-state index in [-0.39, 0.29) is 41.9 Å². The van der Waals surface area contributed by atoms with Gasteiger partial charge in [-0.05, 0) is 129 Å². The van der Waals surface area contributed by atoms with Crippen molar-refractivity contribution in [2.24, 2.45) is 0 Å². The maximum Gasteiger partial charge on any atom is 0.306 e. The fraction of sp³-hybridized carbons (Fsp3) is 0.900. The summed E-state index contributed by atoms with van der Waals surface area (Å²) in [6.07, 6.45) is 55.4. The molecule has 0 aromatic heterocycles. The highest BCUT2D eigenvalue weighted by Gasteiger charge is 2.20. The van der Waals surface area contributed by atoms with Crippen LogP contribution in [0.3, 0.4) is 0 Å². The lowest BCUT2D eigenvalue weighted by atomic mass is 10.0. The van der Waals surface area contributed by atoms with E-state index in [2.05, 4.69) is 67.7 Å². The molecular weight excluding hydrogens is 1090 g/mol. The van der Waals surface area contributed by atoms with Crippen molar-refractivity contribution in [3.8, 4) is 5.75 Å². The highest BCUT2D eigenvalue weighted by Crippen LogP contribution is 2.21. The zero-order chi connectivity index (χ0) is 60.4. The molecule has 0 saturated heterocycles. The molecule has 1 aromatic carbocycles. The largest absolute Gasteiger partial charge is 0.502 e. The highest BCUT2D eigenvalue weighted by molar-refractivity contribution is 9.09. The maximum atomic E-state index is 12.8. The number of halogens is 1. The molecule has 0 amide bonds. The van der Waals surface area contributed by atoms with E-state index in [1.165, 1.54) is 154 Å². The molecule has 0 aliphatic heterocycles. The van der Waals surface area contributed by atoms with Gasteiger partial charge in [0.05, 0.1) is 0 Å².